The third-order valence-electron chi connectivity index (χ3n) is 5.51. The zero-order valence-electron chi connectivity index (χ0n) is 17.0. The Morgan fingerprint density at radius 2 is 1.94 bits per heavy atom. The van der Waals surface area contributed by atoms with Gasteiger partial charge in [0.2, 0.25) is 5.91 Å². The second kappa shape index (κ2) is 8.10. The van der Waals surface area contributed by atoms with Crippen molar-refractivity contribution in [1.82, 2.24) is 24.3 Å². The van der Waals surface area contributed by atoms with Crippen LogP contribution in [0.15, 0.2) is 61.3 Å². The SMILES string of the molecule is NC(=O)Cn1ccc2c(OC3CCN(c4cncc(-n5cccn5)n4)CC3)cccc21. The summed E-state index contributed by atoms with van der Waals surface area (Å²) in [5, 5.41) is 5.21. The predicted octanol–water partition coefficient (Wildman–Crippen LogP) is 2.15. The van der Waals surface area contributed by atoms with Gasteiger partial charge in [0.05, 0.1) is 17.9 Å². The van der Waals surface area contributed by atoms with Crippen molar-refractivity contribution in [3.8, 4) is 11.6 Å². The molecule has 0 unspecified atom stereocenters. The minimum Gasteiger partial charge on any atom is -0.490 e. The summed E-state index contributed by atoms with van der Waals surface area (Å²) in [7, 11) is 0. The van der Waals surface area contributed by atoms with Gasteiger partial charge in [0, 0.05) is 49.9 Å². The Morgan fingerprint density at radius 1 is 1.10 bits per heavy atom. The van der Waals surface area contributed by atoms with Gasteiger partial charge in [0.15, 0.2) is 5.82 Å². The van der Waals surface area contributed by atoms with Crippen molar-refractivity contribution in [2.24, 2.45) is 5.73 Å². The normalized spacial score (nSPS) is 14.8. The van der Waals surface area contributed by atoms with Crippen molar-refractivity contribution < 1.29 is 9.53 Å². The van der Waals surface area contributed by atoms with Gasteiger partial charge in [-0.15, -0.1) is 0 Å². The van der Waals surface area contributed by atoms with Gasteiger partial charge in [-0.25, -0.2) is 9.67 Å². The first-order valence-electron chi connectivity index (χ1n) is 10.3. The number of carbonyl (C=O) groups is 1. The number of rotatable bonds is 6. The average molecular weight is 417 g/mol. The van der Waals surface area contributed by atoms with Crippen LogP contribution in [-0.2, 0) is 11.3 Å². The van der Waals surface area contributed by atoms with E-state index in [2.05, 4.69) is 15.0 Å². The van der Waals surface area contributed by atoms with Crippen LogP contribution in [0.5, 0.6) is 5.75 Å². The summed E-state index contributed by atoms with van der Waals surface area (Å²) >= 11 is 0. The molecule has 31 heavy (non-hydrogen) atoms. The van der Waals surface area contributed by atoms with Gasteiger partial charge in [-0.1, -0.05) is 6.07 Å². The standard InChI is InChI=1S/C22H23N7O2/c23-20(30)15-28-12-7-17-18(28)3-1-4-19(17)31-16-5-10-27(11-6-16)21-13-24-14-22(26-21)29-9-2-8-25-29/h1-4,7-9,12-14,16H,5-6,10-11,15H2,(H2,23,30). The third kappa shape index (κ3) is 3.94. The second-order valence-corrected chi connectivity index (χ2v) is 7.59. The lowest BCUT2D eigenvalue weighted by Crippen LogP contribution is -2.38. The molecule has 0 bridgehead atoms. The molecule has 5 rings (SSSR count). The highest BCUT2D eigenvalue weighted by atomic mass is 16.5. The molecule has 1 aromatic carbocycles. The smallest absolute Gasteiger partial charge is 0.237 e. The van der Waals surface area contributed by atoms with E-state index in [1.807, 2.05) is 47.3 Å². The number of carbonyl (C=O) groups excluding carboxylic acids is 1. The summed E-state index contributed by atoms with van der Waals surface area (Å²) in [4.78, 5) is 22.6. The molecule has 0 saturated carbocycles. The van der Waals surface area contributed by atoms with E-state index in [-0.39, 0.29) is 18.6 Å². The van der Waals surface area contributed by atoms with Crippen LogP contribution in [0.2, 0.25) is 0 Å². The zero-order valence-corrected chi connectivity index (χ0v) is 17.0. The average Bonchev–Trinajstić information content (AvgIpc) is 3.46. The maximum Gasteiger partial charge on any atom is 0.237 e. The zero-order chi connectivity index (χ0) is 21.2. The number of anilines is 1. The highest BCUT2D eigenvalue weighted by Crippen LogP contribution is 2.29. The molecule has 4 heterocycles. The molecule has 1 amide bonds. The Balaban J connectivity index is 1.26. The quantitative estimate of drug-likeness (QED) is 0.516. The summed E-state index contributed by atoms with van der Waals surface area (Å²) in [6.07, 6.45) is 10.8. The summed E-state index contributed by atoms with van der Waals surface area (Å²) in [6.45, 7) is 1.82. The monoisotopic (exact) mass is 417 g/mol. The fraction of sp³-hybridized carbons (Fsp3) is 0.273. The number of piperidine rings is 1. The van der Waals surface area contributed by atoms with Gasteiger partial charge in [-0.2, -0.15) is 5.10 Å². The second-order valence-electron chi connectivity index (χ2n) is 7.59. The first-order chi connectivity index (χ1) is 15.2. The number of ether oxygens (including phenoxy) is 1. The van der Waals surface area contributed by atoms with Crippen LogP contribution in [0.1, 0.15) is 12.8 Å². The van der Waals surface area contributed by atoms with Crippen molar-refractivity contribution >= 4 is 22.6 Å². The van der Waals surface area contributed by atoms with Gasteiger partial charge < -0.3 is 19.9 Å². The van der Waals surface area contributed by atoms with Gasteiger partial charge in [-0.3, -0.25) is 9.78 Å². The van der Waals surface area contributed by atoms with Crippen molar-refractivity contribution in [2.75, 3.05) is 18.0 Å². The molecule has 2 N–H and O–H groups in total. The largest absolute Gasteiger partial charge is 0.490 e. The van der Waals surface area contributed by atoms with Crippen molar-refractivity contribution in [1.29, 1.82) is 0 Å². The van der Waals surface area contributed by atoms with E-state index in [1.165, 1.54) is 0 Å². The molecule has 4 aromatic rings. The van der Waals surface area contributed by atoms with E-state index >= 15 is 0 Å². The number of benzene rings is 1. The van der Waals surface area contributed by atoms with Crippen LogP contribution in [0.25, 0.3) is 16.7 Å². The summed E-state index contributed by atoms with van der Waals surface area (Å²) < 4.78 is 9.90. The van der Waals surface area contributed by atoms with Crippen LogP contribution in [0.4, 0.5) is 5.82 Å². The summed E-state index contributed by atoms with van der Waals surface area (Å²) in [6, 6.07) is 9.72. The molecule has 1 aliphatic heterocycles. The number of hydrogen-bond acceptors (Lipinski definition) is 6. The number of hydrogen-bond donors (Lipinski definition) is 1. The molecular formula is C22H23N7O2. The Hall–Kier alpha value is -3.88. The molecule has 1 saturated heterocycles. The number of nitrogens with zero attached hydrogens (tertiary/aromatic N) is 6. The maximum atomic E-state index is 11.3. The summed E-state index contributed by atoms with van der Waals surface area (Å²) in [5.74, 6) is 2.01. The Labute approximate surface area is 179 Å². The van der Waals surface area contributed by atoms with E-state index in [0.717, 1.165) is 48.4 Å². The first kappa shape index (κ1) is 19.1. The molecular weight excluding hydrogens is 394 g/mol. The van der Waals surface area contributed by atoms with Crippen LogP contribution < -0.4 is 15.4 Å². The Bertz CT molecular complexity index is 1190. The molecule has 0 aliphatic carbocycles. The molecule has 3 aromatic heterocycles. The third-order valence-corrected chi connectivity index (χ3v) is 5.51. The number of primary amides is 1. The molecule has 0 radical (unpaired) electrons. The van der Waals surface area contributed by atoms with E-state index in [9.17, 15) is 4.79 Å². The van der Waals surface area contributed by atoms with Crippen LogP contribution in [0.3, 0.4) is 0 Å². The molecule has 9 heteroatoms. The summed E-state index contributed by atoms with van der Waals surface area (Å²) in [5.41, 5.74) is 6.29. The van der Waals surface area contributed by atoms with Gasteiger partial charge in [-0.05, 0) is 24.3 Å². The fourth-order valence-corrected chi connectivity index (χ4v) is 4.00. The van der Waals surface area contributed by atoms with Gasteiger partial charge >= 0.3 is 0 Å². The molecule has 1 aliphatic rings. The Morgan fingerprint density at radius 3 is 2.71 bits per heavy atom. The van der Waals surface area contributed by atoms with Gasteiger partial charge in [0.1, 0.15) is 24.2 Å². The maximum absolute atomic E-state index is 11.3. The Kier molecular flexibility index (Phi) is 4.99. The minimum absolute atomic E-state index is 0.114. The number of amides is 1. The molecule has 1 fully saturated rings. The number of fused-ring (bicyclic) bond motifs is 1. The topological polar surface area (TPSA) is 104 Å². The fourth-order valence-electron chi connectivity index (χ4n) is 4.00. The highest BCUT2D eigenvalue weighted by molar-refractivity contribution is 5.87. The number of aromatic nitrogens is 5. The lowest BCUT2D eigenvalue weighted by molar-refractivity contribution is -0.118. The highest BCUT2D eigenvalue weighted by Gasteiger charge is 2.23. The van der Waals surface area contributed by atoms with Crippen LogP contribution in [0, 0.1) is 0 Å². The number of nitrogens with two attached hydrogens (primary N) is 1. The first-order valence-corrected chi connectivity index (χ1v) is 10.3. The van der Waals surface area contributed by atoms with Crippen LogP contribution >= 0.6 is 0 Å². The van der Waals surface area contributed by atoms with Crippen molar-refractivity contribution in [2.45, 2.75) is 25.5 Å². The lowest BCUT2D eigenvalue weighted by atomic mass is 10.1. The molecule has 9 nitrogen and oxygen atoms in total. The van der Waals surface area contributed by atoms with E-state index in [1.54, 1.807) is 23.3 Å². The lowest BCUT2D eigenvalue weighted by Gasteiger charge is -2.33. The van der Waals surface area contributed by atoms with Crippen LogP contribution in [-0.4, -0.2) is 49.4 Å². The minimum atomic E-state index is -0.365. The predicted molar refractivity (Wildman–Crippen MR) is 116 cm³/mol. The molecule has 158 valence electrons. The van der Waals surface area contributed by atoms with E-state index in [4.69, 9.17) is 15.5 Å². The van der Waals surface area contributed by atoms with Crippen molar-refractivity contribution in [3.63, 3.8) is 0 Å². The van der Waals surface area contributed by atoms with Gasteiger partial charge in [0.25, 0.3) is 0 Å². The van der Waals surface area contributed by atoms with E-state index < -0.39 is 0 Å². The molecule has 0 atom stereocenters. The van der Waals surface area contributed by atoms with Crippen molar-refractivity contribution in [3.05, 3.63) is 61.3 Å². The van der Waals surface area contributed by atoms with E-state index in [0.29, 0.717) is 5.82 Å². The molecule has 0 spiro atoms.